The number of halogens is 2. The molecule has 0 aliphatic rings. The van der Waals surface area contributed by atoms with Gasteiger partial charge in [0.15, 0.2) is 0 Å². The van der Waals surface area contributed by atoms with Crippen molar-refractivity contribution in [2.24, 2.45) is 0 Å². The van der Waals surface area contributed by atoms with E-state index in [9.17, 15) is 4.79 Å². The molecule has 1 N–H and O–H groups in total. The van der Waals surface area contributed by atoms with Crippen molar-refractivity contribution in [3.8, 4) is 5.75 Å². The van der Waals surface area contributed by atoms with Gasteiger partial charge in [-0.2, -0.15) is 0 Å². The van der Waals surface area contributed by atoms with Crippen LogP contribution < -0.4 is 10.1 Å². The molecule has 1 amide bonds. The quantitative estimate of drug-likeness (QED) is 0.816. The molecule has 0 unspecified atom stereocenters. The molecule has 0 fully saturated rings. The summed E-state index contributed by atoms with van der Waals surface area (Å²) in [5.41, 5.74) is 0.558. The fourth-order valence-corrected chi connectivity index (χ4v) is 1.18. The highest BCUT2D eigenvalue weighted by Crippen LogP contribution is 2.27. The summed E-state index contributed by atoms with van der Waals surface area (Å²) in [5, 5.41) is 3.13. The Morgan fingerprint density at radius 1 is 1.57 bits per heavy atom. The number of methoxy groups -OCH3 is 1. The molecule has 0 spiro atoms. The molecule has 0 aliphatic carbocycles. The van der Waals surface area contributed by atoms with Gasteiger partial charge in [-0.05, 0) is 12.1 Å². The second-order valence-electron chi connectivity index (χ2n) is 2.53. The Labute approximate surface area is 92.0 Å². The molecular formula is C9H9Cl2NO2. The van der Waals surface area contributed by atoms with Gasteiger partial charge in [-0.1, -0.05) is 11.6 Å². The Hall–Kier alpha value is -0.930. The van der Waals surface area contributed by atoms with Gasteiger partial charge < -0.3 is 10.1 Å². The predicted molar refractivity (Wildman–Crippen MR) is 57.4 cm³/mol. The highest BCUT2D eigenvalue weighted by atomic mass is 35.5. The number of alkyl halides is 1. The summed E-state index contributed by atoms with van der Waals surface area (Å²) in [6, 6.07) is 4.94. The highest BCUT2D eigenvalue weighted by molar-refractivity contribution is 6.31. The molecule has 0 aromatic heterocycles. The summed E-state index contributed by atoms with van der Waals surface area (Å²) in [6.45, 7) is 0. The molecule has 3 nitrogen and oxygen atoms in total. The fraction of sp³-hybridized carbons (Fsp3) is 0.222. The molecule has 0 saturated heterocycles. The standard InChI is InChI=1S/C9H9Cl2NO2/c1-14-8-4-6(11)2-3-7(8)12-9(13)5-10/h2-4H,5H2,1H3,(H,12,13). The molecule has 1 rings (SSSR count). The van der Waals surface area contributed by atoms with Crippen LogP contribution in [0, 0.1) is 0 Å². The van der Waals surface area contributed by atoms with Crippen LogP contribution in [0.25, 0.3) is 0 Å². The zero-order chi connectivity index (χ0) is 10.6. The van der Waals surface area contributed by atoms with E-state index < -0.39 is 0 Å². The average Bonchev–Trinajstić information content (AvgIpc) is 2.20. The van der Waals surface area contributed by atoms with E-state index in [0.29, 0.717) is 16.5 Å². The highest BCUT2D eigenvalue weighted by Gasteiger charge is 2.06. The van der Waals surface area contributed by atoms with Gasteiger partial charge in [0.2, 0.25) is 5.91 Å². The molecule has 0 atom stereocenters. The van der Waals surface area contributed by atoms with Crippen molar-refractivity contribution in [2.75, 3.05) is 18.3 Å². The lowest BCUT2D eigenvalue weighted by atomic mass is 10.3. The van der Waals surface area contributed by atoms with E-state index in [1.807, 2.05) is 0 Å². The Morgan fingerprint density at radius 2 is 2.29 bits per heavy atom. The third kappa shape index (κ3) is 2.79. The van der Waals surface area contributed by atoms with Gasteiger partial charge in [-0.25, -0.2) is 0 Å². The zero-order valence-electron chi connectivity index (χ0n) is 7.51. The van der Waals surface area contributed by atoms with Crippen LogP contribution in [0.2, 0.25) is 5.02 Å². The number of amides is 1. The van der Waals surface area contributed by atoms with Crippen LogP contribution in [0.1, 0.15) is 0 Å². The topological polar surface area (TPSA) is 38.3 Å². The number of nitrogens with one attached hydrogen (secondary N) is 1. The number of rotatable bonds is 3. The zero-order valence-corrected chi connectivity index (χ0v) is 9.02. The van der Waals surface area contributed by atoms with E-state index in [0.717, 1.165) is 0 Å². The van der Waals surface area contributed by atoms with Gasteiger partial charge in [-0.3, -0.25) is 4.79 Å². The first-order valence-corrected chi connectivity index (χ1v) is 4.78. The molecule has 5 heteroatoms. The van der Waals surface area contributed by atoms with E-state index in [2.05, 4.69) is 5.32 Å². The second-order valence-corrected chi connectivity index (χ2v) is 3.23. The van der Waals surface area contributed by atoms with Gasteiger partial charge in [0.25, 0.3) is 0 Å². The van der Waals surface area contributed by atoms with Crippen LogP contribution in [0.5, 0.6) is 5.75 Å². The van der Waals surface area contributed by atoms with Crippen molar-refractivity contribution in [1.29, 1.82) is 0 Å². The maximum Gasteiger partial charge on any atom is 0.239 e. The Morgan fingerprint density at radius 3 is 2.86 bits per heavy atom. The maximum atomic E-state index is 11.0. The van der Waals surface area contributed by atoms with E-state index in [1.54, 1.807) is 18.2 Å². The third-order valence-corrected chi connectivity index (χ3v) is 2.04. The smallest absolute Gasteiger partial charge is 0.239 e. The maximum absolute atomic E-state index is 11.0. The molecule has 0 aliphatic heterocycles. The number of hydrogen-bond donors (Lipinski definition) is 1. The Balaban J connectivity index is 2.90. The van der Waals surface area contributed by atoms with Gasteiger partial charge in [0.05, 0.1) is 12.8 Å². The van der Waals surface area contributed by atoms with Gasteiger partial charge >= 0.3 is 0 Å². The van der Waals surface area contributed by atoms with E-state index in [1.165, 1.54) is 7.11 Å². The molecule has 0 radical (unpaired) electrons. The predicted octanol–water partition coefficient (Wildman–Crippen LogP) is 2.53. The lowest BCUT2D eigenvalue weighted by molar-refractivity contribution is -0.113. The van der Waals surface area contributed by atoms with Crippen molar-refractivity contribution < 1.29 is 9.53 Å². The minimum Gasteiger partial charge on any atom is -0.495 e. The lowest BCUT2D eigenvalue weighted by Gasteiger charge is -2.08. The summed E-state index contributed by atoms with van der Waals surface area (Å²) < 4.78 is 5.03. The molecule has 1 aromatic rings. The number of hydrogen-bond acceptors (Lipinski definition) is 2. The lowest BCUT2D eigenvalue weighted by Crippen LogP contribution is -2.13. The SMILES string of the molecule is COc1cc(Cl)ccc1NC(=O)CCl. The molecule has 76 valence electrons. The third-order valence-electron chi connectivity index (χ3n) is 1.56. The summed E-state index contributed by atoms with van der Waals surface area (Å²) in [6.07, 6.45) is 0. The first kappa shape index (κ1) is 11.1. The number of carbonyl (C=O) groups is 1. The first-order chi connectivity index (χ1) is 6.67. The molecule has 14 heavy (non-hydrogen) atoms. The van der Waals surface area contributed by atoms with Crippen LogP contribution >= 0.6 is 23.2 Å². The number of anilines is 1. The molecule has 0 bridgehead atoms. The monoisotopic (exact) mass is 233 g/mol. The first-order valence-electron chi connectivity index (χ1n) is 3.86. The number of carbonyl (C=O) groups excluding carboxylic acids is 1. The van der Waals surface area contributed by atoms with Gasteiger partial charge in [0, 0.05) is 11.1 Å². The fourth-order valence-electron chi connectivity index (χ4n) is 0.952. The van der Waals surface area contributed by atoms with Crippen LogP contribution in [0.15, 0.2) is 18.2 Å². The number of benzene rings is 1. The van der Waals surface area contributed by atoms with Crippen LogP contribution in [-0.4, -0.2) is 18.9 Å². The van der Waals surface area contributed by atoms with Crippen LogP contribution in [0.4, 0.5) is 5.69 Å². The summed E-state index contributed by atoms with van der Waals surface area (Å²) in [4.78, 5) is 11.0. The van der Waals surface area contributed by atoms with Gasteiger partial charge in [-0.15, -0.1) is 11.6 Å². The van der Waals surface area contributed by atoms with Crippen LogP contribution in [0.3, 0.4) is 0 Å². The Kier molecular flexibility index (Phi) is 4.04. The van der Waals surface area contributed by atoms with Crippen molar-refractivity contribution in [3.63, 3.8) is 0 Å². The molecule has 0 heterocycles. The normalized spacial score (nSPS) is 9.64. The largest absolute Gasteiger partial charge is 0.495 e. The van der Waals surface area contributed by atoms with E-state index in [-0.39, 0.29) is 11.8 Å². The van der Waals surface area contributed by atoms with Crippen molar-refractivity contribution >= 4 is 34.8 Å². The van der Waals surface area contributed by atoms with E-state index >= 15 is 0 Å². The van der Waals surface area contributed by atoms with Gasteiger partial charge in [0.1, 0.15) is 11.6 Å². The van der Waals surface area contributed by atoms with Crippen molar-refractivity contribution in [1.82, 2.24) is 0 Å². The summed E-state index contributed by atoms with van der Waals surface area (Å²) >= 11 is 11.1. The van der Waals surface area contributed by atoms with E-state index in [4.69, 9.17) is 27.9 Å². The second kappa shape index (κ2) is 5.08. The number of ether oxygens (including phenoxy) is 1. The summed E-state index contributed by atoms with van der Waals surface area (Å²) in [7, 11) is 1.50. The molecular weight excluding hydrogens is 225 g/mol. The molecule has 1 aromatic carbocycles. The van der Waals surface area contributed by atoms with Crippen LogP contribution in [-0.2, 0) is 4.79 Å². The Bertz CT molecular complexity index is 342. The van der Waals surface area contributed by atoms with Crippen molar-refractivity contribution in [2.45, 2.75) is 0 Å². The molecule has 0 saturated carbocycles. The van der Waals surface area contributed by atoms with Crippen molar-refractivity contribution in [3.05, 3.63) is 23.2 Å². The summed E-state index contributed by atoms with van der Waals surface area (Å²) in [5.74, 6) is 0.134. The minimum atomic E-state index is -0.285. The minimum absolute atomic E-state index is 0.0915. The average molecular weight is 234 g/mol.